The van der Waals surface area contributed by atoms with Crippen LogP contribution in [0.4, 0.5) is 0 Å². The number of likely N-dealkylation sites (tertiary alicyclic amines) is 1. The van der Waals surface area contributed by atoms with E-state index in [4.69, 9.17) is 0 Å². The minimum Gasteiger partial charge on any atom is -0.334 e. The van der Waals surface area contributed by atoms with Gasteiger partial charge in [-0.15, -0.1) is 5.10 Å². The van der Waals surface area contributed by atoms with Crippen molar-refractivity contribution >= 4 is 16.9 Å². The third-order valence-electron chi connectivity index (χ3n) is 4.70. The Morgan fingerprint density at radius 2 is 2.25 bits per heavy atom. The van der Waals surface area contributed by atoms with Crippen LogP contribution in [0.3, 0.4) is 0 Å². The van der Waals surface area contributed by atoms with Crippen LogP contribution in [0.15, 0.2) is 36.7 Å². The summed E-state index contributed by atoms with van der Waals surface area (Å²) in [5, 5.41) is 12.4. The number of carbonyl (C=O) groups is 1. The predicted molar refractivity (Wildman–Crippen MR) is 89.4 cm³/mol. The Labute approximate surface area is 139 Å². The second-order valence-electron chi connectivity index (χ2n) is 6.29. The van der Waals surface area contributed by atoms with E-state index in [9.17, 15) is 4.79 Å². The quantitative estimate of drug-likeness (QED) is 0.737. The van der Waals surface area contributed by atoms with Crippen LogP contribution in [0.5, 0.6) is 0 Å². The molecular formula is C17H20N6O. The number of hydrogen-bond donors (Lipinski definition) is 0. The van der Waals surface area contributed by atoms with Crippen molar-refractivity contribution in [1.82, 2.24) is 29.7 Å². The minimum atomic E-state index is 0.0689. The van der Waals surface area contributed by atoms with E-state index in [-0.39, 0.29) is 11.9 Å². The maximum absolute atomic E-state index is 13.0. The lowest BCUT2D eigenvalue weighted by atomic mass is 10.0. The first-order valence-electron chi connectivity index (χ1n) is 8.30. The van der Waals surface area contributed by atoms with Crippen LogP contribution in [0.1, 0.15) is 29.6 Å². The van der Waals surface area contributed by atoms with E-state index in [1.807, 2.05) is 47.1 Å². The maximum Gasteiger partial charge on any atom is 0.254 e. The SMILES string of the molecule is Cn1nnc2cc(C(=O)N3CCCC[C@H]3Cn3cccn3)ccc21. The Balaban J connectivity index is 1.59. The highest BCUT2D eigenvalue weighted by Gasteiger charge is 2.28. The molecule has 0 N–H and O–H groups in total. The molecule has 3 heterocycles. The highest BCUT2D eigenvalue weighted by Crippen LogP contribution is 2.22. The molecule has 3 aromatic rings. The third-order valence-corrected chi connectivity index (χ3v) is 4.70. The van der Waals surface area contributed by atoms with E-state index in [1.54, 1.807) is 10.9 Å². The zero-order chi connectivity index (χ0) is 16.5. The van der Waals surface area contributed by atoms with Gasteiger partial charge in [0.05, 0.1) is 18.1 Å². The van der Waals surface area contributed by atoms with Gasteiger partial charge < -0.3 is 4.90 Å². The van der Waals surface area contributed by atoms with Crippen LogP contribution in [-0.2, 0) is 13.6 Å². The van der Waals surface area contributed by atoms with Gasteiger partial charge in [-0.3, -0.25) is 9.48 Å². The molecule has 1 aromatic carbocycles. The van der Waals surface area contributed by atoms with Crippen molar-refractivity contribution in [2.24, 2.45) is 7.05 Å². The molecule has 7 heteroatoms. The summed E-state index contributed by atoms with van der Waals surface area (Å²) < 4.78 is 3.62. The van der Waals surface area contributed by atoms with E-state index in [2.05, 4.69) is 15.4 Å². The molecule has 7 nitrogen and oxygen atoms in total. The van der Waals surface area contributed by atoms with Gasteiger partial charge in [0.2, 0.25) is 0 Å². The van der Waals surface area contributed by atoms with Crippen LogP contribution < -0.4 is 0 Å². The first-order valence-corrected chi connectivity index (χ1v) is 8.30. The molecule has 0 aliphatic carbocycles. The van der Waals surface area contributed by atoms with Crippen LogP contribution in [-0.4, -0.2) is 48.2 Å². The molecule has 0 spiro atoms. The van der Waals surface area contributed by atoms with Crippen molar-refractivity contribution in [3.05, 3.63) is 42.2 Å². The Bertz CT molecular complexity index is 853. The van der Waals surface area contributed by atoms with Gasteiger partial charge in [-0.2, -0.15) is 5.10 Å². The van der Waals surface area contributed by atoms with Crippen molar-refractivity contribution in [2.45, 2.75) is 31.8 Å². The normalized spacial score (nSPS) is 18.2. The lowest BCUT2D eigenvalue weighted by Gasteiger charge is -2.35. The van der Waals surface area contributed by atoms with Crippen LogP contribution >= 0.6 is 0 Å². The number of benzene rings is 1. The molecule has 4 rings (SSSR count). The molecule has 0 radical (unpaired) electrons. The Morgan fingerprint density at radius 1 is 1.33 bits per heavy atom. The van der Waals surface area contributed by atoms with E-state index in [0.29, 0.717) is 5.56 Å². The monoisotopic (exact) mass is 324 g/mol. The summed E-state index contributed by atoms with van der Waals surface area (Å²) in [5.74, 6) is 0.0689. The molecule has 1 amide bonds. The summed E-state index contributed by atoms with van der Waals surface area (Å²) in [7, 11) is 1.85. The largest absolute Gasteiger partial charge is 0.334 e. The summed E-state index contributed by atoms with van der Waals surface area (Å²) in [4.78, 5) is 15.0. The molecular weight excluding hydrogens is 304 g/mol. The van der Waals surface area contributed by atoms with E-state index >= 15 is 0 Å². The number of nitrogens with zero attached hydrogens (tertiary/aromatic N) is 6. The van der Waals surface area contributed by atoms with Gasteiger partial charge in [0.1, 0.15) is 5.52 Å². The van der Waals surface area contributed by atoms with E-state index < -0.39 is 0 Å². The van der Waals surface area contributed by atoms with Crippen LogP contribution in [0.2, 0.25) is 0 Å². The molecule has 0 bridgehead atoms. The topological polar surface area (TPSA) is 68.8 Å². The number of carbonyl (C=O) groups excluding carboxylic acids is 1. The van der Waals surface area contributed by atoms with Crippen molar-refractivity contribution in [1.29, 1.82) is 0 Å². The molecule has 1 fully saturated rings. The summed E-state index contributed by atoms with van der Waals surface area (Å²) in [6.45, 7) is 1.54. The fourth-order valence-electron chi connectivity index (χ4n) is 3.42. The van der Waals surface area contributed by atoms with Crippen LogP contribution in [0.25, 0.3) is 11.0 Å². The van der Waals surface area contributed by atoms with Gasteiger partial charge in [-0.25, -0.2) is 4.68 Å². The average Bonchev–Trinajstić information content (AvgIpc) is 3.25. The molecule has 124 valence electrons. The zero-order valence-corrected chi connectivity index (χ0v) is 13.7. The number of aromatic nitrogens is 5. The number of piperidine rings is 1. The lowest BCUT2D eigenvalue weighted by Crippen LogP contribution is -2.45. The smallest absolute Gasteiger partial charge is 0.254 e. The fourth-order valence-corrected chi connectivity index (χ4v) is 3.42. The first-order chi connectivity index (χ1) is 11.7. The second-order valence-corrected chi connectivity index (χ2v) is 6.29. The number of hydrogen-bond acceptors (Lipinski definition) is 4. The molecule has 2 aromatic heterocycles. The molecule has 0 unspecified atom stereocenters. The lowest BCUT2D eigenvalue weighted by molar-refractivity contribution is 0.0584. The number of fused-ring (bicyclic) bond motifs is 1. The summed E-state index contributed by atoms with van der Waals surface area (Å²) >= 11 is 0. The molecule has 1 saturated heterocycles. The number of rotatable bonds is 3. The van der Waals surface area contributed by atoms with E-state index in [1.165, 1.54) is 0 Å². The van der Waals surface area contributed by atoms with Gasteiger partial charge in [0.25, 0.3) is 5.91 Å². The van der Waals surface area contributed by atoms with Gasteiger partial charge in [0.15, 0.2) is 0 Å². The Hall–Kier alpha value is -2.70. The molecule has 0 saturated carbocycles. The highest BCUT2D eigenvalue weighted by atomic mass is 16.2. The highest BCUT2D eigenvalue weighted by molar-refractivity contribution is 5.97. The van der Waals surface area contributed by atoms with Gasteiger partial charge in [-0.05, 0) is 43.5 Å². The van der Waals surface area contributed by atoms with Crippen molar-refractivity contribution < 1.29 is 4.79 Å². The fraction of sp³-hybridized carbons (Fsp3) is 0.412. The summed E-state index contributed by atoms with van der Waals surface area (Å²) in [5.41, 5.74) is 2.36. The molecule has 1 aliphatic heterocycles. The summed E-state index contributed by atoms with van der Waals surface area (Å²) in [6.07, 6.45) is 6.94. The Morgan fingerprint density at radius 3 is 3.08 bits per heavy atom. The van der Waals surface area contributed by atoms with Gasteiger partial charge in [-0.1, -0.05) is 5.21 Å². The predicted octanol–water partition coefficient (Wildman–Crippen LogP) is 1.86. The first kappa shape index (κ1) is 14.9. The number of amides is 1. The third kappa shape index (κ3) is 2.66. The van der Waals surface area contributed by atoms with Crippen LogP contribution in [0, 0.1) is 0 Å². The zero-order valence-electron chi connectivity index (χ0n) is 13.7. The van der Waals surface area contributed by atoms with Crippen molar-refractivity contribution in [2.75, 3.05) is 6.54 Å². The average molecular weight is 324 g/mol. The van der Waals surface area contributed by atoms with E-state index in [0.717, 1.165) is 43.4 Å². The standard InChI is InChI=1S/C17H20N6O/c1-21-16-7-6-13(11-15(16)19-20-21)17(24)23-10-3-2-5-14(23)12-22-9-4-8-18-22/h4,6-9,11,14H,2-3,5,10,12H2,1H3/t14-/m0/s1. The second kappa shape index (κ2) is 6.07. The molecule has 1 atom stereocenters. The molecule has 1 aliphatic rings. The number of aryl methyl sites for hydroxylation is 1. The minimum absolute atomic E-state index is 0.0689. The van der Waals surface area contributed by atoms with Gasteiger partial charge >= 0.3 is 0 Å². The van der Waals surface area contributed by atoms with Crippen molar-refractivity contribution in [3.8, 4) is 0 Å². The van der Waals surface area contributed by atoms with Gasteiger partial charge in [0, 0.05) is 31.5 Å². The Kier molecular flexibility index (Phi) is 3.76. The van der Waals surface area contributed by atoms with Crippen molar-refractivity contribution in [3.63, 3.8) is 0 Å². The summed E-state index contributed by atoms with van der Waals surface area (Å²) in [6, 6.07) is 7.72. The maximum atomic E-state index is 13.0. The molecule has 24 heavy (non-hydrogen) atoms.